The van der Waals surface area contributed by atoms with Crippen molar-refractivity contribution >= 4 is 68.2 Å². The highest BCUT2D eigenvalue weighted by molar-refractivity contribution is 9.10. The molecule has 3 fully saturated rings. The Balaban J connectivity index is 1.12. The molecule has 260 valence electrons. The first-order valence-corrected chi connectivity index (χ1v) is 20.6. The van der Waals surface area contributed by atoms with Gasteiger partial charge in [0.2, 0.25) is 5.95 Å². The van der Waals surface area contributed by atoms with E-state index in [1.807, 2.05) is 30.1 Å². The monoisotopic (exact) mass is 756 g/mol. The van der Waals surface area contributed by atoms with Gasteiger partial charge in [-0.25, -0.2) is 4.98 Å². The van der Waals surface area contributed by atoms with Crippen LogP contribution in [0.3, 0.4) is 0 Å². The van der Waals surface area contributed by atoms with Gasteiger partial charge in [-0.15, -0.1) is 0 Å². The Kier molecular flexibility index (Phi) is 8.77. The summed E-state index contributed by atoms with van der Waals surface area (Å²) < 4.78 is 22.0. The maximum Gasteiger partial charge on any atom is 0.229 e. The van der Waals surface area contributed by atoms with Gasteiger partial charge in [0.15, 0.2) is 0 Å². The molecule has 5 heterocycles. The number of rotatable bonds is 10. The van der Waals surface area contributed by atoms with Crippen molar-refractivity contribution in [3.05, 3.63) is 59.7 Å². The van der Waals surface area contributed by atoms with Crippen molar-refractivity contribution in [2.24, 2.45) is 18.9 Å². The molecule has 3 aliphatic rings. The third kappa shape index (κ3) is 6.58. The first-order chi connectivity index (χ1) is 24.1. The Morgan fingerprint density at radius 3 is 2.58 bits per heavy atom. The van der Waals surface area contributed by atoms with E-state index in [0.29, 0.717) is 50.1 Å². The Morgan fingerprint density at radius 2 is 1.82 bits per heavy atom. The van der Waals surface area contributed by atoms with Crippen LogP contribution < -0.4 is 25.6 Å². The largest absolute Gasteiger partial charge is 0.494 e. The van der Waals surface area contributed by atoms with E-state index < -0.39 is 7.14 Å². The summed E-state index contributed by atoms with van der Waals surface area (Å²) in [4.78, 5) is 23.7. The lowest BCUT2D eigenvalue weighted by Gasteiger charge is -2.40. The lowest BCUT2D eigenvalue weighted by molar-refractivity contribution is 0.201. The van der Waals surface area contributed by atoms with E-state index in [1.165, 1.54) is 38.8 Å². The van der Waals surface area contributed by atoms with Gasteiger partial charge in [0.25, 0.3) is 0 Å². The Labute approximate surface area is 300 Å². The molecular weight excluding hydrogens is 715 g/mol. The van der Waals surface area contributed by atoms with E-state index in [-0.39, 0.29) is 0 Å². The number of benzene rings is 2. The molecule has 2 aromatic carbocycles. The number of halogens is 1. The molecule has 1 aliphatic carbocycles. The van der Waals surface area contributed by atoms with Gasteiger partial charge in [0.1, 0.15) is 24.2 Å². The second-order valence-corrected chi connectivity index (χ2v) is 18.1. The molecule has 0 amide bonds. The molecule has 2 N–H and O–H groups in total. The molecule has 0 radical (unpaired) electrons. The summed E-state index contributed by atoms with van der Waals surface area (Å²) >= 11 is 3.61. The molecule has 8 rings (SSSR count). The van der Waals surface area contributed by atoms with E-state index in [1.54, 1.807) is 39.0 Å². The maximum atomic E-state index is 13.5. The van der Waals surface area contributed by atoms with Crippen LogP contribution >= 0.6 is 23.1 Å². The summed E-state index contributed by atoms with van der Waals surface area (Å²) in [5, 5.41) is 12.0. The average molecular weight is 758 g/mol. The van der Waals surface area contributed by atoms with Crippen molar-refractivity contribution in [1.29, 1.82) is 0 Å². The molecule has 5 aromatic rings. The quantitative estimate of drug-likeness (QED) is 0.149. The van der Waals surface area contributed by atoms with Crippen LogP contribution in [0.5, 0.6) is 5.75 Å². The summed E-state index contributed by atoms with van der Waals surface area (Å²) in [5.41, 5.74) is 5.93. The number of aromatic nitrogens is 6. The summed E-state index contributed by atoms with van der Waals surface area (Å²) in [6, 6.07) is 8.59. The van der Waals surface area contributed by atoms with Crippen molar-refractivity contribution in [2.45, 2.75) is 31.7 Å². The standard InChI is InChI=1S/C36H42BrN10O2P/c1-45-20-24(17-41-45)25-15-29(32(49-2)16-30(25)47-14-10-23-9-13-46(31(23)21-47)19-22-5-6-22)43-36-40-18-26(37)35(44-36)42-28-8-7-27-33(39-12-11-38-27)34(28)50(3,4)48/h7-8,11-12,15-18,20,22-23,31H,5-6,9-10,13-14,19,21H2,1-4H3,(H2,40,42,43,44)/t23-,31-/m1/s1. The molecule has 12 nitrogen and oxygen atoms in total. The van der Waals surface area contributed by atoms with Crippen molar-refractivity contribution < 1.29 is 9.30 Å². The summed E-state index contributed by atoms with van der Waals surface area (Å²) in [6.45, 7) is 7.96. The smallest absolute Gasteiger partial charge is 0.229 e. The van der Waals surface area contributed by atoms with E-state index in [4.69, 9.17) is 9.72 Å². The van der Waals surface area contributed by atoms with Crippen LogP contribution in [0.1, 0.15) is 25.7 Å². The number of piperidine rings is 1. The van der Waals surface area contributed by atoms with Gasteiger partial charge in [-0.3, -0.25) is 19.5 Å². The molecule has 50 heavy (non-hydrogen) atoms. The number of methoxy groups -OCH3 is 1. The fourth-order valence-corrected chi connectivity index (χ4v) is 9.31. The third-order valence-electron chi connectivity index (χ3n) is 10.2. The van der Waals surface area contributed by atoms with E-state index >= 15 is 0 Å². The van der Waals surface area contributed by atoms with Gasteiger partial charge in [-0.2, -0.15) is 10.1 Å². The molecule has 0 spiro atoms. The topological polar surface area (TPSA) is 126 Å². The van der Waals surface area contributed by atoms with Crippen molar-refractivity contribution in [3.8, 4) is 16.9 Å². The van der Waals surface area contributed by atoms with Crippen LogP contribution in [0.25, 0.3) is 22.2 Å². The van der Waals surface area contributed by atoms with Gasteiger partial charge in [0, 0.05) is 80.4 Å². The molecule has 1 saturated carbocycles. The Hall–Kier alpha value is -4.06. The molecular formula is C36H42BrN10O2P. The number of aryl methyl sites for hydroxylation is 1. The predicted octanol–water partition coefficient (Wildman–Crippen LogP) is 6.64. The van der Waals surface area contributed by atoms with Gasteiger partial charge in [-0.05, 0) is 91.5 Å². The molecule has 2 atom stereocenters. The van der Waals surface area contributed by atoms with Crippen LogP contribution in [0.2, 0.25) is 0 Å². The van der Waals surface area contributed by atoms with Gasteiger partial charge in [-0.1, -0.05) is 0 Å². The average Bonchev–Trinajstić information content (AvgIpc) is 3.68. The van der Waals surface area contributed by atoms with E-state index in [9.17, 15) is 4.57 Å². The molecule has 0 bridgehead atoms. The lowest BCUT2D eigenvalue weighted by atomic mass is 9.91. The number of fused-ring (bicyclic) bond motifs is 2. The van der Waals surface area contributed by atoms with E-state index in [2.05, 4.69) is 74.7 Å². The molecule has 14 heteroatoms. The van der Waals surface area contributed by atoms with Crippen LogP contribution in [0, 0.1) is 11.8 Å². The summed E-state index contributed by atoms with van der Waals surface area (Å²) in [5.74, 6) is 3.25. The molecule has 2 aliphatic heterocycles. The van der Waals surface area contributed by atoms with Crippen molar-refractivity contribution in [3.63, 3.8) is 0 Å². The summed E-state index contributed by atoms with van der Waals surface area (Å²) in [6.07, 6.45) is 14.2. The number of nitrogens with one attached hydrogen (secondary N) is 2. The fourth-order valence-electron chi connectivity index (χ4n) is 7.63. The first-order valence-electron chi connectivity index (χ1n) is 17.2. The normalized spacial score (nSPS) is 19.5. The minimum absolute atomic E-state index is 0.375. The second kappa shape index (κ2) is 13.2. The van der Waals surface area contributed by atoms with Gasteiger partial charge >= 0.3 is 0 Å². The number of ether oxygens (including phenoxy) is 1. The highest BCUT2D eigenvalue weighted by Gasteiger charge is 2.41. The Morgan fingerprint density at radius 1 is 1.00 bits per heavy atom. The van der Waals surface area contributed by atoms with Crippen molar-refractivity contribution in [2.75, 3.05) is 62.2 Å². The number of nitrogens with zero attached hydrogens (tertiary/aromatic N) is 8. The number of anilines is 5. The van der Waals surface area contributed by atoms with Crippen LogP contribution in [-0.4, -0.2) is 87.3 Å². The number of hydrogen-bond donors (Lipinski definition) is 2. The SMILES string of the molecule is COc1cc(N2CC[C@H]3CCN(CC4CC4)[C@@H]3C2)c(-c2cnn(C)c2)cc1Nc1ncc(Br)c(Nc2ccc3nccnc3c2P(C)(C)=O)n1. The third-order valence-corrected chi connectivity index (χ3v) is 12.3. The molecule has 3 aromatic heterocycles. The maximum absolute atomic E-state index is 13.5. The van der Waals surface area contributed by atoms with E-state index in [0.717, 1.165) is 47.4 Å². The van der Waals surface area contributed by atoms with Gasteiger partial charge < -0.3 is 24.8 Å². The molecule has 2 saturated heterocycles. The Bertz CT molecular complexity index is 2110. The van der Waals surface area contributed by atoms with Crippen LogP contribution in [0.4, 0.5) is 28.8 Å². The fraction of sp³-hybridized carbons (Fsp3) is 0.417. The highest BCUT2D eigenvalue weighted by atomic mass is 79.9. The zero-order chi connectivity index (χ0) is 34.6. The minimum atomic E-state index is -2.76. The minimum Gasteiger partial charge on any atom is -0.494 e. The van der Waals surface area contributed by atoms with Crippen LogP contribution in [-0.2, 0) is 11.6 Å². The number of likely N-dealkylation sites (tertiary alicyclic amines) is 1. The highest BCUT2D eigenvalue weighted by Crippen LogP contribution is 2.44. The zero-order valence-corrected chi connectivity index (χ0v) is 31.3. The predicted molar refractivity (Wildman–Crippen MR) is 203 cm³/mol. The van der Waals surface area contributed by atoms with Crippen LogP contribution in [0.15, 0.2) is 59.7 Å². The number of hydrogen-bond acceptors (Lipinski definition) is 11. The van der Waals surface area contributed by atoms with Gasteiger partial charge in [0.05, 0.1) is 40.0 Å². The summed E-state index contributed by atoms with van der Waals surface area (Å²) in [7, 11) is 0.877. The zero-order valence-electron chi connectivity index (χ0n) is 28.8. The first kappa shape index (κ1) is 33.1. The lowest BCUT2D eigenvalue weighted by Crippen LogP contribution is -2.48. The molecule has 0 unspecified atom stereocenters. The second-order valence-electron chi connectivity index (χ2n) is 14.1. The van der Waals surface area contributed by atoms with Crippen molar-refractivity contribution in [1.82, 2.24) is 34.6 Å².